The summed E-state index contributed by atoms with van der Waals surface area (Å²) in [5.74, 6) is 1.13. The van der Waals surface area contributed by atoms with Crippen molar-refractivity contribution < 1.29 is 9.84 Å². The number of imidazole rings is 1. The van der Waals surface area contributed by atoms with E-state index in [0.717, 1.165) is 41.6 Å². The molecular weight excluding hydrogens is 438 g/mol. The van der Waals surface area contributed by atoms with Crippen LogP contribution in [0.1, 0.15) is 43.3 Å². The van der Waals surface area contributed by atoms with Gasteiger partial charge in [0.25, 0.3) is 0 Å². The molecule has 0 aliphatic rings. The number of aromatic nitrogens is 3. The summed E-state index contributed by atoms with van der Waals surface area (Å²) < 4.78 is 7.67. The molecule has 0 spiro atoms. The van der Waals surface area contributed by atoms with E-state index in [2.05, 4.69) is 66.4 Å². The van der Waals surface area contributed by atoms with Crippen LogP contribution in [0.15, 0.2) is 42.5 Å². The number of hydrogen-bond acceptors (Lipinski definition) is 6. The smallest absolute Gasteiger partial charge is 0.152 e. The summed E-state index contributed by atoms with van der Waals surface area (Å²) >= 11 is 0. The molecule has 7 heteroatoms. The number of nitrogen functional groups attached to an aromatic ring is 1. The first-order valence-electron chi connectivity index (χ1n) is 12.2. The van der Waals surface area contributed by atoms with Crippen LogP contribution in [0, 0.1) is 0 Å². The van der Waals surface area contributed by atoms with Crippen molar-refractivity contribution in [3.8, 4) is 0 Å². The minimum absolute atomic E-state index is 0.352. The molecule has 4 aromatic rings. The Morgan fingerprint density at radius 3 is 2.37 bits per heavy atom. The van der Waals surface area contributed by atoms with Crippen molar-refractivity contribution in [2.45, 2.75) is 52.4 Å². The van der Waals surface area contributed by atoms with Gasteiger partial charge in [-0.15, -0.1) is 0 Å². The minimum atomic E-state index is -0.919. The fourth-order valence-electron chi connectivity index (χ4n) is 4.39. The first-order chi connectivity index (χ1) is 16.6. The molecule has 0 unspecified atom stereocenters. The van der Waals surface area contributed by atoms with Crippen molar-refractivity contribution in [3.05, 3.63) is 65.0 Å². The summed E-state index contributed by atoms with van der Waals surface area (Å²) in [4.78, 5) is 11.6. The van der Waals surface area contributed by atoms with Crippen LogP contribution in [0.3, 0.4) is 0 Å². The molecule has 35 heavy (non-hydrogen) atoms. The third kappa shape index (κ3) is 5.99. The average Bonchev–Trinajstić information content (AvgIpc) is 3.14. The van der Waals surface area contributed by atoms with Crippen LogP contribution in [0.2, 0.25) is 0 Å². The number of rotatable bonds is 10. The average molecular weight is 476 g/mol. The van der Waals surface area contributed by atoms with Crippen LogP contribution in [0.25, 0.3) is 21.9 Å². The van der Waals surface area contributed by atoms with Crippen LogP contribution in [-0.2, 0) is 30.7 Å². The van der Waals surface area contributed by atoms with E-state index in [1.807, 2.05) is 11.5 Å². The largest absolute Gasteiger partial charge is 0.389 e. The molecule has 4 rings (SSSR count). The van der Waals surface area contributed by atoms with E-state index >= 15 is 0 Å². The lowest BCUT2D eigenvalue weighted by atomic mass is 10.0. The van der Waals surface area contributed by atoms with Crippen molar-refractivity contribution >= 4 is 27.8 Å². The molecule has 0 amide bonds. The van der Waals surface area contributed by atoms with E-state index in [9.17, 15) is 5.11 Å². The molecule has 0 saturated carbocycles. The van der Waals surface area contributed by atoms with E-state index < -0.39 is 5.60 Å². The van der Waals surface area contributed by atoms with Crippen LogP contribution < -0.4 is 5.73 Å². The Morgan fingerprint density at radius 2 is 1.71 bits per heavy atom. The standard InChI is InChI=1S/C28H37N5O2/c1-6-35-17-24-31-25-26(33(24)18-28(2,3)34)22-12-11-21(16-23(22)30-27(25)29)15-20-9-7-19(8-10-20)13-14-32(4)5/h7-12,16,34H,6,13-15,17-18H2,1-5H3,(H2,29,30). The summed E-state index contributed by atoms with van der Waals surface area (Å²) in [6.45, 7) is 7.90. The Hall–Kier alpha value is -3.00. The van der Waals surface area contributed by atoms with Crippen molar-refractivity contribution in [1.82, 2.24) is 19.4 Å². The fraction of sp³-hybridized carbons (Fsp3) is 0.429. The quantitative estimate of drug-likeness (QED) is 0.358. The zero-order chi connectivity index (χ0) is 25.2. The molecule has 0 aliphatic carbocycles. The maximum Gasteiger partial charge on any atom is 0.152 e. The number of benzene rings is 2. The van der Waals surface area contributed by atoms with Crippen molar-refractivity contribution in [2.75, 3.05) is 33.0 Å². The molecule has 0 saturated heterocycles. The minimum Gasteiger partial charge on any atom is -0.389 e. The van der Waals surface area contributed by atoms with Gasteiger partial charge in [0.05, 0.1) is 23.2 Å². The van der Waals surface area contributed by atoms with Crippen LogP contribution in [-0.4, -0.2) is 57.4 Å². The molecule has 0 fully saturated rings. The molecule has 3 N–H and O–H groups in total. The summed E-state index contributed by atoms with van der Waals surface area (Å²) in [5, 5.41) is 11.6. The Labute approximate surface area is 207 Å². The van der Waals surface area contributed by atoms with Gasteiger partial charge >= 0.3 is 0 Å². The van der Waals surface area contributed by atoms with E-state index in [1.54, 1.807) is 13.8 Å². The number of likely N-dealkylation sites (N-methyl/N-ethyl adjacent to an activating group) is 1. The Kier molecular flexibility index (Phi) is 7.40. The lowest BCUT2D eigenvalue weighted by molar-refractivity contribution is 0.0582. The lowest BCUT2D eigenvalue weighted by Gasteiger charge is -2.20. The van der Waals surface area contributed by atoms with Gasteiger partial charge in [0, 0.05) is 18.5 Å². The number of anilines is 1. The molecular formula is C28H37N5O2. The lowest BCUT2D eigenvalue weighted by Crippen LogP contribution is -2.27. The predicted molar refractivity (Wildman–Crippen MR) is 143 cm³/mol. The van der Waals surface area contributed by atoms with Gasteiger partial charge in [0.2, 0.25) is 0 Å². The van der Waals surface area contributed by atoms with Crippen LogP contribution in [0.5, 0.6) is 0 Å². The highest BCUT2D eigenvalue weighted by Gasteiger charge is 2.22. The first kappa shape index (κ1) is 25.1. The third-order valence-electron chi connectivity index (χ3n) is 6.11. The van der Waals surface area contributed by atoms with Crippen molar-refractivity contribution in [2.24, 2.45) is 0 Å². The Balaban J connectivity index is 1.70. The number of aliphatic hydroxyl groups is 1. The molecule has 7 nitrogen and oxygen atoms in total. The second kappa shape index (κ2) is 10.3. The van der Waals surface area contributed by atoms with E-state index in [4.69, 9.17) is 15.5 Å². The van der Waals surface area contributed by atoms with Gasteiger partial charge in [0.15, 0.2) is 5.82 Å². The highest BCUT2D eigenvalue weighted by Crippen LogP contribution is 2.31. The molecule has 0 aliphatic heterocycles. The van der Waals surface area contributed by atoms with Gasteiger partial charge in [-0.25, -0.2) is 9.97 Å². The van der Waals surface area contributed by atoms with E-state index in [-0.39, 0.29) is 0 Å². The molecule has 186 valence electrons. The van der Waals surface area contributed by atoms with E-state index in [0.29, 0.717) is 31.1 Å². The topological polar surface area (TPSA) is 89.4 Å². The third-order valence-corrected chi connectivity index (χ3v) is 6.11. The highest BCUT2D eigenvalue weighted by molar-refractivity contribution is 6.06. The van der Waals surface area contributed by atoms with Gasteiger partial charge in [-0.1, -0.05) is 36.4 Å². The van der Waals surface area contributed by atoms with Gasteiger partial charge in [-0.05, 0) is 70.5 Å². The zero-order valence-corrected chi connectivity index (χ0v) is 21.5. The number of pyridine rings is 1. The number of nitrogens with two attached hydrogens (primary N) is 1. The van der Waals surface area contributed by atoms with Gasteiger partial charge in [0.1, 0.15) is 17.9 Å². The molecule has 0 bridgehead atoms. The Morgan fingerprint density at radius 1 is 1.03 bits per heavy atom. The number of ether oxygens (including phenoxy) is 1. The highest BCUT2D eigenvalue weighted by atomic mass is 16.5. The maximum atomic E-state index is 10.6. The molecule has 2 aromatic carbocycles. The normalized spacial score (nSPS) is 12.3. The summed E-state index contributed by atoms with van der Waals surface area (Å²) in [6.07, 6.45) is 1.87. The molecule has 2 aromatic heterocycles. The monoisotopic (exact) mass is 475 g/mol. The van der Waals surface area contributed by atoms with Gasteiger partial charge < -0.3 is 25.0 Å². The van der Waals surface area contributed by atoms with Gasteiger partial charge in [-0.2, -0.15) is 0 Å². The van der Waals surface area contributed by atoms with Crippen LogP contribution >= 0.6 is 0 Å². The molecule has 2 heterocycles. The molecule has 0 atom stereocenters. The predicted octanol–water partition coefficient (Wildman–Crippen LogP) is 4.17. The second-order valence-electron chi connectivity index (χ2n) is 10.2. The Bertz CT molecular complexity index is 1300. The van der Waals surface area contributed by atoms with Crippen molar-refractivity contribution in [3.63, 3.8) is 0 Å². The second-order valence-corrected chi connectivity index (χ2v) is 10.2. The summed E-state index contributed by atoms with van der Waals surface area (Å²) in [7, 11) is 4.19. The van der Waals surface area contributed by atoms with E-state index in [1.165, 1.54) is 16.7 Å². The van der Waals surface area contributed by atoms with Crippen molar-refractivity contribution in [1.29, 1.82) is 0 Å². The maximum absolute atomic E-state index is 10.6. The number of fused-ring (bicyclic) bond motifs is 3. The number of nitrogens with zero attached hydrogens (tertiary/aromatic N) is 4. The number of hydrogen-bond donors (Lipinski definition) is 2. The summed E-state index contributed by atoms with van der Waals surface area (Å²) in [5.41, 5.74) is 11.6. The first-order valence-corrected chi connectivity index (χ1v) is 12.2. The summed E-state index contributed by atoms with van der Waals surface area (Å²) in [6, 6.07) is 15.2. The van der Waals surface area contributed by atoms with Crippen LogP contribution in [0.4, 0.5) is 5.82 Å². The van der Waals surface area contributed by atoms with Gasteiger partial charge in [-0.3, -0.25) is 0 Å². The zero-order valence-electron chi connectivity index (χ0n) is 21.5. The SMILES string of the molecule is CCOCc1nc2c(N)nc3cc(Cc4ccc(CCN(C)C)cc4)ccc3c2n1CC(C)(C)O. The molecule has 0 radical (unpaired) electrons. The fourth-order valence-corrected chi connectivity index (χ4v) is 4.39.